The number of hydrogen-bond acceptors (Lipinski definition) is 13. The Morgan fingerprint density at radius 1 is 0.800 bits per heavy atom. The Labute approximate surface area is 410 Å². The van der Waals surface area contributed by atoms with Gasteiger partial charge < -0.3 is 45.7 Å². The standard InChI is InChI=1S/C31H39NO6.C26H31NO5/c1-4-5-27-37-26-15-23-22-11-6-18-14-20(33)12-13-29(18,2)28(22)24(34)16-30(23,3)31(26,38-27)25(35)17-36-21-9-7-19(32)8-10-21;1-14-10-21-18-8-9-26(31,24(30)13-32-17-5-2-15(27)3-6-17)22(18)12-23(29)25(21)19-7-4-16(28)11-20(14)19/h7-10,12-14,22-24,26-28,34H,4-6,11,15-17,32H2,1-3H3;2-7,11,14,18-19,21-23,25,29,31H,8-10,12-13,27H2,1H3/t22-,23-,24-,26+,27+,28+,29-,30-,31+;14-,18-,19?,21-,22-,23-,25+,26+/m00/s1. The number of nitrogen functional groups attached to an aromatic ring is 2. The number of ether oxygens (including phenoxy) is 4. The number of carbonyl (C=O) groups excluding carboxylic acids is 4. The van der Waals surface area contributed by atoms with Crippen molar-refractivity contribution in [3.8, 4) is 11.5 Å². The van der Waals surface area contributed by atoms with Gasteiger partial charge in [-0.25, -0.2) is 0 Å². The summed E-state index contributed by atoms with van der Waals surface area (Å²) in [7, 11) is 0. The van der Waals surface area contributed by atoms with Crippen molar-refractivity contribution in [2.75, 3.05) is 24.7 Å². The molecule has 0 spiro atoms. The van der Waals surface area contributed by atoms with E-state index in [1.165, 1.54) is 0 Å². The largest absolute Gasteiger partial charge is 0.486 e. The predicted molar refractivity (Wildman–Crippen MR) is 262 cm³/mol. The predicted octanol–water partition coefficient (Wildman–Crippen LogP) is 7.08. The summed E-state index contributed by atoms with van der Waals surface area (Å²) in [5.41, 5.74) is 11.4. The van der Waals surface area contributed by atoms with E-state index >= 15 is 0 Å². The molecule has 13 nitrogen and oxygen atoms in total. The Morgan fingerprint density at radius 3 is 2.13 bits per heavy atom. The second-order valence-electron chi connectivity index (χ2n) is 22.6. The molecule has 13 heteroatoms. The second kappa shape index (κ2) is 18.3. The highest BCUT2D eigenvalue weighted by molar-refractivity contribution is 6.01. The van der Waals surface area contributed by atoms with Crippen molar-refractivity contribution in [3.63, 3.8) is 0 Å². The summed E-state index contributed by atoms with van der Waals surface area (Å²) in [4.78, 5) is 51.4. The third-order valence-corrected chi connectivity index (χ3v) is 19.0. The van der Waals surface area contributed by atoms with Crippen LogP contribution in [0.1, 0.15) is 91.9 Å². The van der Waals surface area contributed by atoms with Gasteiger partial charge in [0.2, 0.25) is 11.6 Å². The number of aliphatic hydroxyl groups is 3. The molecule has 9 aliphatic rings. The van der Waals surface area contributed by atoms with E-state index in [4.69, 9.17) is 30.4 Å². The van der Waals surface area contributed by atoms with E-state index in [0.717, 1.165) is 49.7 Å². The zero-order valence-electron chi connectivity index (χ0n) is 40.8. The number of hydrogen-bond donors (Lipinski definition) is 5. The minimum absolute atomic E-state index is 0.0200. The van der Waals surface area contributed by atoms with Crippen LogP contribution in [0, 0.1) is 64.1 Å². The molecule has 2 aromatic carbocycles. The van der Waals surface area contributed by atoms with Crippen molar-refractivity contribution < 1.29 is 53.4 Å². The molecule has 0 amide bonds. The van der Waals surface area contributed by atoms with Crippen LogP contribution in [0.25, 0.3) is 0 Å². The fourth-order valence-corrected chi connectivity index (χ4v) is 15.8. The van der Waals surface area contributed by atoms with E-state index in [0.29, 0.717) is 48.6 Å². The normalized spacial score (nSPS) is 41.7. The molecule has 7 N–H and O–H groups in total. The zero-order chi connectivity index (χ0) is 49.5. The average molecular weight is 959 g/mol. The molecule has 0 radical (unpaired) electrons. The number of aliphatic hydroxyl groups excluding tert-OH is 2. The first kappa shape index (κ1) is 48.7. The van der Waals surface area contributed by atoms with Crippen molar-refractivity contribution in [1.29, 1.82) is 0 Å². The first-order valence-corrected chi connectivity index (χ1v) is 25.7. The Hall–Kier alpha value is -4.92. The van der Waals surface area contributed by atoms with Crippen molar-refractivity contribution in [3.05, 3.63) is 96.1 Å². The molecule has 6 saturated carbocycles. The van der Waals surface area contributed by atoms with Crippen LogP contribution in [0.2, 0.25) is 0 Å². The lowest BCUT2D eigenvalue weighted by Gasteiger charge is -2.59. The molecule has 1 unspecified atom stereocenters. The molecule has 1 saturated heterocycles. The van der Waals surface area contributed by atoms with Crippen molar-refractivity contribution in [2.45, 2.75) is 128 Å². The molecule has 374 valence electrons. The quantitative estimate of drug-likeness (QED) is 0.151. The lowest BCUT2D eigenvalue weighted by atomic mass is 9.46. The molecule has 1 heterocycles. The van der Waals surface area contributed by atoms with Crippen LogP contribution in [0.3, 0.4) is 0 Å². The molecule has 0 bridgehead atoms. The molecule has 11 rings (SSSR count). The molecule has 2 aromatic rings. The maximum absolute atomic E-state index is 14.2. The summed E-state index contributed by atoms with van der Waals surface area (Å²) in [5.74, 6) is 1.51. The van der Waals surface area contributed by atoms with E-state index in [9.17, 15) is 34.5 Å². The van der Waals surface area contributed by atoms with Gasteiger partial charge in [-0.15, -0.1) is 0 Å². The Kier molecular flexibility index (Phi) is 12.7. The maximum Gasteiger partial charge on any atom is 0.205 e. The van der Waals surface area contributed by atoms with Gasteiger partial charge in [0, 0.05) is 40.0 Å². The summed E-state index contributed by atoms with van der Waals surface area (Å²) in [6.45, 7) is 8.17. The van der Waals surface area contributed by atoms with Crippen LogP contribution >= 0.6 is 0 Å². The Bertz CT molecular complexity index is 2520. The summed E-state index contributed by atoms with van der Waals surface area (Å²) < 4.78 is 24.7. The first-order valence-electron chi connectivity index (χ1n) is 25.7. The van der Waals surface area contributed by atoms with Crippen LogP contribution < -0.4 is 20.9 Å². The van der Waals surface area contributed by atoms with Gasteiger partial charge in [0.1, 0.15) is 30.3 Å². The van der Waals surface area contributed by atoms with Crippen molar-refractivity contribution >= 4 is 34.5 Å². The number of allylic oxidation sites excluding steroid dienone is 8. The van der Waals surface area contributed by atoms with E-state index in [1.54, 1.807) is 72.8 Å². The Morgan fingerprint density at radius 2 is 1.46 bits per heavy atom. The van der Waals surface area contributed by atoms with Crippen molar-refractivity contribution in [1.82, 2.24) is 0 Å². The number of benzene rings is 2. The summed E-state index contributed by atoms with van der Waals surface area (Å²) in [6, 6.07) is 13.8. The minimum atomic E-state index is -1.47. The highest BCUT2D eigenvalue weighted by atomic mass is 16.7. The first-order chi connectivity index (χ1) is 33.4. The minimum Gasteiger partial charge on any atom is -0.486 e. The van der Waals surface area contributed by atoms with Gasteiger partial charge in [-0.1, -0.05) is 57.4 Å². The SMILES string of the molecule is CCC[C@@H]1O[C@@H]2C[C@H]3[C@@H]4CCC5=CC(=O)C=C[C@]5(C)[C@H]4[C@@H](O)C[C@]3(C)[C@]2(C(=O)COc2ccc(N)cc2)O1.C[C@H]1C[C@H]2[C@@H]3CC[C@](O)(C(=O)COc4ccc(N)cc4)[C@H]3C[C@H](O)[C@@H]2C2C=CC(=O)C=C21. The molecule has 1 aliphatic heterocycles. The van der Waals surface area contributed by atoms with Crippen LogP contribution in [0.4, 0.5) is 11.4 Å². The molecular formula is C57H70N2O11. The van der Waals surface area contributed by atoms with E-state index < -0.39 is 35.1 Å². The van der Waals surface area contributed by atoms with Gasteiger partial charge in [0.05, 0.1) is 18.3 Å². The van der Waals surface area contributed by atoms with Gasteiger partial charge >= 0.3 is 0 Å². The number of ketones is 4. The number of fused-ring (bicyclic) bond motifs is 12. The second-order valence-corrected chi connectivity index (χ2v) is 22.6. The van der Waals surface area contributed by atoms with Gasteiger partial charge in [-0.3, -0.25) is 19.2 Å². The number of Topliss-reactive ketones (excluding diaryl/α,β-unsaturated/α-hetero) is 2. The fraction of sp³-hybridized carbons (Fsp3) is 0.579. The van der Waals surface area contributed by atoms with Crippen LogP contribution in [0.15, 0.2) is 96.1 Å². The third-order valence-electron chi connectivity index (χ3n) is 19.0. The van der Waals surface area contributed by atoms with Gasteiger partial charge in [0.15, 0.2) is 23.5 Å². The molecule has 70 heavy (non-hydrogen) atoms. The third kappa shape index (κ3) is 7.93. The fourth-order valence-electron chi connectivity index (χ4n) is 15.8. The highest BCUT2D eigenvalue weighted by Gasteiger charge is 2.76. The van der Waals surface area contributed by atoms with Crippen LogP contribution in [0.5, 0.6) is 11.5 Å². The lowest BCUT2D eigenvalue weighted by molar-refractivity contribution is -0.200. The number of carbonyl (C=O) groups is 4. The van der Waals surface area contributed by atoms with Gasteiger partial charge in [0.25, 0.3) is 0 Å². The lowest BCUT2D eigenvalue weighted by Crippen LogP contribution is -2.63. The summed E-state index contributed by atoms with van der Waals surface area (Å²) in [6.07, 6.45) is 15.6. The molecule has 7 fully saturated rings. The summed E-state index contributed by atoms with van der Waals surface area (Å²) in [5, 5.41) is 34.5. The van der Waals surface area contributed by atoms with Crippen LogP contribution in [-0.2, 0) is 28.7 Å². The van der Waals surface area contributed by atoms with Crippen LogP contribution in [-0.4, -0.2) is 87.5 Å². The average Bonchev–Trinajstić information content (AvgIpc) is 3.95. The van der Waals surface area contributed by atoms with Crippen molar-refractivity contribution in [2.24, 2.45) is 64.1 Å². The van der Waals surface area contributed by atoms with E-state index in [2.05, 4.69) is 27.7 Å². The number of anilines is 2. The number of nitrogens with two attached hydrogens (primary N) is 2. The molecule has 0 aromatic heterocycles. The highest BCUT2D eigenvalue weighted by Crippen LogP contribution is 2.70. The summed E-state index contributed by atoms with van der Waals surface area (Å²) >= 11 is 0. The molecule has 17 atom stereocenters. The van der Waals surface area contributed by atoms with E-state index in [1.807, 2.05) is 12.2 Å². The molecule has 8 aliphatic carbocycles. The van der Waals surface area contributed by atoms with E-state index in [-0.39, 0.29) is 101 Å². The maximum atomic E-state index is 14.2. The number of rotatable bonds is 10. The monoisotopic (exact) mass is 958 g/mol. The topological polar surface area (TPSA) is 218 Å². The Balaban J connectivity index is 0.000000165. The van der Waals surface area contributed by atoms with Gasteiger partial charge in [-0.2, -0.15) is 0 Å². The van der Waals surface area contributed by atoms with Gasteiger partial charge in [-0.05, 0) is 166 Å². The molecular weight excluding hydrogens is 889 g/mol. The smallest absolute Gasteiger partial charge is 0.205 e. The zero-order valence-corrected chi connectivity index (χ0v) is 40.8.